The first-order valence-electron chi connectivity index (χ1n) is 7.52. The van der Waals surface area contributed by atoms with E-state index < -0.39 is 0 Å². The summed E-state index contributed by atoms with van der Waals surface area (Å²) >= 11 is 0. The molecule has 0 aliphatic heterocycles. The van der Waals surface area contributed by atoms with Gasteiger partial charge in [0.25, 0.3) is 5.91 Å². The summed E-state index contributed by atoms with van der Waals surface area (Å²) in [6.07, 6.45) is 4.36. The molecule has 1 saturated carbocycles. The van der Waals surface area contributed by atoms with E-state index >= 15 is 0 Å². The number of nitrogens with two attached hydrogens (primary N) is 1. The van der Waals surface area contributed by atoms with Crippen LogP contribution in [0.25, 0.3) is 0 Å². The maximum atomic E-state index is 12.0. The van der Waals surface area contributed by atoms with Crippen LogP contribution in [-0.4, -0.2) is 46.7 Å². The highest BCUT2D eigenvalue weighted by atomic mass is 16.1. The molecule has 1 fully saturated rings. The van der Waals surface area contributed by atoms with Crippen molar-refractivity contribution < 1.29 is 4.79 Å². The lowest BCUT2D eigenvalue weighted by atomic mass is 10.2. The third-order valence-corrected chi connectivity index (χ3v) is 3.75. The third-order valence-electron chi connectivity index (χ3n) is 3.75. The zero-order valence-corrected chi connectivity index (χ0v) is 12.4. The van der Waals surface area contributed by atoms with Crippen LogP contribution in [0.2, 0.25) is 0 Å². The first kappa shape index (κ1) is 14.8. The highest BCUT2D eigenvalue weighted by Gasteiger charge is 2.27. The molecule has 1 aromatic heterocycles. The van der Waals surface area contributed by atoms with Gasteiger partial charge in [-0.25, -0.2) is 0 Å². The van der Waals surface area contributed by atoms with Gasteiger partial charge in [0.15, 0.2) is 5.69 Å². The minimum absolute atomic E-state index is 0.187. The number of anilines is 1. The topological polar surface area (TPSA) is 87.0 Å². The SMILES string of the molecule is CCCc1[nH]nc(C(=O)NCCN(CC)C2CC2)c1N. The number of aromatic nitrogens is 2. The van der Waals surface area contributed by atoms with E-state index in [0.29, 0.717) is 17.9 Å². The second-order valence-corrected chi connectivity index (χ2v) is 5.33. The molecule has 0 saturated heterocycles. The number of H-pyrrole nitrogens is 1. The summed E-state index contributed by atoms with van der Waals surface area (Å²) in [5, 5.41) is 9.77. The number of amides is 1. The van der Waals surface area contributed by atoms with Gasteiger partial charge in [-0.1, -0.05) is 20.3 Å². The lowest BCUT2D eigenvalue weighted by molar-refractivity contribution is 0.0944. The Labute approximate surface area is 120 Å². The van der Waals surface area contributed by atoms with E-state index in [2.05, 4.69) is 34.3 Å². The van der Waals surface area contributed by atoms with Gasteiger partial charge in [0.2, 0.25) is 0 Å². The minimum Gasteiger partial charge on any atom is -0.395 e. The number of carbonyl (C=O) groups is 1. The van der Waals surface area contributed by atoms with Crippen molar-refractivity contribution in [3.05, 3.63) is 11.4 Å². The number of aryl methyl sites for hydroxylation is 1. The molecule has 1 aliphatic carbocycles. The van der Waals surface area contributed by atoms with Gasteiger partial charge in [0.1, 0.15) is 0 Å². The number of rotatable bonds is 8. The molecule has 0 radical (unpaired) electrons. The predicted octanol–water partition coefficient (Wildman–Crippen LogP) is 1.16. The van der Waals surface area contributed by atoms with Gasteiger partial charge < -0.3 is 11.1 Å². The fourth-order valence-electron chi connectivity index (χ4n) is 2.44. The van der Waals surface area contributed by atoms with Crippen LogP contribution in [0.15, 0.2) is 0 Å². The van der Waals surface area contributed by atoms with Crippen molar-refractivity contribution in [3.63, 3.8) is 0 Å². The van der Waals surface area contributed by atoms with Crippen molar-refractivity contribution in [2.75, 3.05) is 25.4 Å². The Balaban J connectivity index is 1.82. The van der Waals surface area contributed by atoms with Crippen molar-refractivity contribution in [1.82, 2.24) is 20.4 Å². The van der Waals surface area contributed by atoms with Gasteiger partial charge in [-0.3, -0.25) is 14.8 Å². The molecule has 1 aliphatic rings. The maximum Gasteiger partial charge on any atom is 0.273 e. The summed E-state index contributed by atoms with van der Waals surface area (Å²) in [5.41, 5.74) is 7.60. The van der Waals surface area contributed by atoms with E-state index in [1.54, 1.807) is 0 Å². The fourth-order valence-corrected chi connectivity index (χ4v) is 2.44. The zero-order valence-electron chi connectivity index (χ0n) is 12.4. The monoisotopic (exact) mass is 279 g/mol. The number of hydrogen-bond donors (Lipinski definition) is 3. The smallest absolute Gasteiger partial charge is 0.273 e. The quantitative estimate of drug-likeness (QED) is 0.666. The molecule has 0 bridgehead atoms. The molecule has 0 spiro atoms. The van der Waals surface area contributed by atoms with Gasteiger partial charge in [0.05, 0.1) is 11.4 Å². The molecule has 6 heteroatoms. The van der Waals surface area contributed by atoms with E-state index in [1.807, 2.05) is 0 Å². The van der Waals surface area contributed by atoms with Crippen LogP contribution in [0.5, 0.6) is 0 Å². The average molecular weight is 279 g/mol. The largest absolute Gasteiger partial charge is 0.395 e. The Morgan fingerprint density at radius 3 is 2.85 bits per heavy atom. The molecule has 0 unspecified atom stereocenters. The minimum atomic E-state index is -0.187. The van der Waals surface area contributed by atoms with E-state index in [4.69, 9.17) is 5.73 Å². The zero-order chi connectivity index (χ0) is 14.5. The molecule has 0 aromatic carbocycles. The molecule has 1 aromatic rings. The Kier molecular flexibility index (Phi) is 5.00. The third kappa shape index (κ3) is 3.50. The first-order chi connectivity index (χ1) is 9.67. The number of aromatic amines is 1. The molecule has 20 heavy (non-hydrogen) atoms. The highest BCUT2D eigenvalue weighted by Crippen LogP contribution is 2.25. The van der Waals surface area contributed by atoms with E-state index in [1.165, 1.54) is 12.8 Å². The van der Waals surface area contributed by atoms with Crippen LogP contribution in [0.4, 0.5) is 5.69 Å². The number of likely N-dealkylation sites (N-methyl/N-ethyl adjacent to an activating group) is 1. The molecule has 112 valence electrons. The second-order valence-electron chi connectivity index (χ2n) is 5.33. The van der Waals surface area contributed by atoms with Crippen molar-refractivity contribution in [2.45, 2.75) is 45.6 Å². The molecule has 0 atom stereocenters. The molecular formula is C14H25N5O. The number of hydrogen-bond acceptors (Lipinski definition) is 4. The Morgan fingerprint density at radius 1 is 1.50 bits per heavy atom. The van der Waals surface area contributed by atoms with Crippen LogP contribution in [0.1, 0.15) is 49.3 Å². The van der Waals surface area contributed by atoms with Crippen molar-refractivity contribution >= 4 is 11.6 Å². The maximum absolute atomic E-state index is 12.0. The van der Waals surface area contributed by atoms with E-state index in [9.17, 15) is 4.79 Å². The standard InChI is InChI=1S/C14H25N5O/c1-3-5-11-12(15)13(18-17-11)14(20)16-8-9-19(4-2)10-6-7-10/h10H,3-9,15H2,1-2H3,(H,16,20)(H,17,18). The van der Waals surface area contributed by atoms with Gasteiger partial charge >= 0.3 is 0 Å². The molecule has 6 nitrogen and oxygen atoms in total. The number of nitrogens with zero attached hydrogens (tertiary/aromatic N) is 2. The Bertz CT molecular complexity index is 452. The number of nitrogens with one attached hydrogen (secondary N) is 2. The average Bonchev–Trinajstić information content (AvgIpc) is 3.21. The molecule has 4 N–H and O–H groups in total. The Hall–Kier alpha value is -1.56. The second kappa shape index (κ2) is 6.74. The highest BCUT2D eigenvalue weighted by molar-refractivity contribution is 5.97. The summed E-state index contributed by atoms with van der Waals surface area (Å²) in [7, 11) is 0. The summed E-state index contributed by atoms with van der Waals surface area (Å²) in [6.45, 7) is 6.78. The summed E-state index contributed by atoms with van der Waals surface area (Å²) in [4.78, 5) is 14.4. The van der Waals surface area contributed by atoms with Crippen LogP contribution in [0, 0.1) is 0 Å². The van der Waals surface area contributed by atoms with Gasteiger partial charge in [-0.15, -0.1) is 0 Å². The molecule has 1 heterocycles. The predicted molar refractivity (Wildman–Crippen MR) is 79.6 cm³/mol. The van der Waals surface area contributed by atoms with Crippen LogP contribution < -0.4 is 11.1 Å². The van der Waals surface area contributed by atoms with E-state index in [-0.39, 0.29) is 5.91 Å². The molecule has 1 amide bonds. The summed E-state index contributed by atoms with van der Waals surface area (Å²) in [6, 6.07) is 0.725. The van der Waals surface area contributed by atoms with Crippen LogP contribution in [0.3, 0.4) is 0 Å². The van der Waals surface area contributed by atoms with Crippen LogP contribution in [-0.2, 0) is 6.42 Å². The normalized spacial score (nSPS) is 14.8. The van der Waals surface area contributed by atoms with Gasteiger partial charge in [0, 0.05) is 19.1 Å². The van der Waals surface area contributed by atoms with Crippen molar-refractivity contribution in [2.24, 2.45) is 0 Å². The van der Waals surface area contributed by atoms with Crippen LogP contribution >= 0.6 is 0 Å². The van der Waals surface area contributed by atoms with Gasteiger partial charge in [-0.2, -0.15) is 5.10 Å². The van der Waals surface area contributed by atoms with Gasteiger partial charge in [-0.05, 0) is 25.8 Å². The number of nitrogen functional groups attached to an aromatic ring is 1. The molecular weight excluding hydrogens is 254 g/mol. The van der Waals surface area contributed by atoms with Crippen molar-refractivity contribution in [3.8, 4) is 0 Å². The van der Waals surface area contributed by atoms with Crippen molar-refractivity contribution in [1.29, 1.82) is 0 Å². The van der Waals surface area contributed by atoms with E-state index in [0.717, 1.165) is 37.7 Å². The lowest BCUT2D eigenvalue weighted by Gasteiger charge is -2.19. The lowest BCUT2D eigenvalue weighted by Crippen LogP contribution is -2.36. The first-order valence-corrected chi connectivity index (χ1v) is 7.52. The fraction of sp³-hybridized carbons (Fsp3) is 0.714. The number of carbonyl (C=O) groups excluding carboxylic acids is 1. The summed E-state index contributed by atoms with van der Waals surface area (Å²) < 4.78 is 0. The Morgan fingerprint density at radius 2 is 2.25 bits per heavy atom. The molecule has 2 rings (SSSR count). The summed E-state index contributed by atoms with van der Waals surface area (Å²) in [5.74, 6) is -0.187.